The largest absolute Gasteiger partial charge is 0.495 e. The first-order chi connectivity index (χ1) is 11.8. The molecule has 1 heterocycles. The lowest BCUT2D eigenvalue weighted by Crippen LogP contribution is -2.24. The second-order valence-corrected chi connectivity index (χ2v) is 6.03. The number of nitriles is 1. The lowest BCUT2D eigenvalue weighted by molar-refractivity contribution is 0.0904. The van der Waals surface area contributed by atoms with Crippen molar-refractivity contribution in [3.05, 3.63) is 65.2 Å². The first-order valence-corrected chi connectivity index (χ1v) is 8.26. The predicted octanol–water partition coefficient (Wildman–Crippen LogP) is 3.43. The smallest absolute Gasteiger partial charge is 0.136 e. The molecule has 2 atom stereocenters. The Labute approximate surface area is 143 Å². The highest BCUT2D eigenvalue weighted by Gasteiger charge is 2.28. The standard InChI is InChI=1S/C20H22N2O2/c1-23-19-8-7-15(11-18(19)12-21)13-22-14-17-9-10-24-20(17)16-5-3-2-4-6-16/h2-8,11,17,20,22H,9-10,13-14H2,1H3/t17-,20-/m1/s1. The highest BCUT2D eigenvalue weighted by atomic mass is 16.5. The van der Waals surface area contributed by atoms with Crippen LogP contribution in [0.4, 0.5) is 0 Å². The van der Waals surface area contributed by atoms with Crippen molar-refractivity contribution in [2.24, 2.45) is 5.92 Å². The maximum absolute atomic E-state index is 9.17. The van der Waals surface area contributed by atoms with Crippen LogP contribution in [0, 0.1) is 17.2 Å². The Bertz CT molecular complexity index is 709. The molecule has 0 bridgehead atoms. The van der Waals surface area contributed by atoms with Crippen LogP contribution in [0.5, 0.6) is 5.75 Å². The Balaban J connectivity index is 1.57. The summed E-state index contributed by atoms with van der Waals surface area (Å²) in [5.41, 5.74) is 2.91. The number of hydrogen-bond acceptors (Lipinski definition) is 4. The lowest BCUT2D eigenvalue weighted by atomic mass is 9.95. The molecule has 4 heteroatoms. The van der Waals surface area contributed by atoms with Crippen molar-refractivity contribution < 1.29 is 9.47 Å². The molecule has 0 amide bonds. The summed E-state index contributed by atoms with van der Waals surface area (Å²) in [6, 6.07) is 18.3. The van der Waals surface area contributed by atoms with Crippen LogP contribution in [-0.4, -0.2) is 20.3 Å². The van der Waals surface area contributed by atoms with Gasteiger partial charge in [-0.1, -0.05) is 36.4 Å². The second kappa shape index (κ2) is 7.96. The molecule has 0 unspecified atom stereocenters. The van der Waals surface area contributed by atoms with Crippen molar-refractivity contribution in [3.8, 4) is 11.8 Å². The predicted molar refractivity (Wildman–Crippen MR) is 92.7 cm³/mol. The normalized spacial score (nSPS) is 19.8. The number of methoxy groups -OCH3 is 1. The molecule has 2 aromatic rings. The SMILES string of the molecule is COc1ccc(CNC[C@H]2CCO[C@@H]2c2ccccc2)cc1C#N. The van der Waals surface area contributed by atoms with E-state index in [1.165, 1.54) is 5.56 Å². The third kappa shape index (κ3) is 3.76. The van der Waals surface area contributed by atoms with Crippen LogP contribution in [0.3, 0.4) is 0 Å². The Morgan fingerprint density at radius 1 is 1.25 bits per heavy atom. The van der Waals surface area contributed by atoms with Crippen molar-refractivity contribution in [3.63, 3.8) is 0 Å². The zero-order valence-corrected chi connectivity index (χ0v) is 13.9. The van der Waals surface area contributed by atoms with E-state index < -0.39 is 0 Å². The van der Waals surface area contributed by atoms with E-state index in [0.29, 0.717) is 17.2 Å². The fraction of sp³-hybridized carbons (Fsp3) is 0.350. The fourth-order valence-corrected chi connectivity index (χ4v) is 3.21. The summed E-state index contributed by atoms with van der Waals surface area (Å²) in [5, 5.41) is 12.7. The Kier molecular flexibility index (Phi) is 5.47. The third-order valence-corrected chi connectivity index (χ3v) is 4.46. The molecule has 1 saturated heterocycles. The molecule has 0 aromatic heterocycles. The minimum atomic E-state index is 0.171. The number of hydrogen-bond donors (Lipinski definition) is 1. The van der Waals surface area contributed by atoms with Gasteiger partial charge in [-0.05, 0) is 29.7 Å². The highest BCUT2D eigenvalue weighted by Crippen LogP contribution is 2.33. The third-order valence-electron chi connectivity index (χ3n) is 4.46. The van der Waals surface area contributed by atoms with Gasteiger partial charge in [0, 0.05) is 25.6 Å². The molecular weight excluding hydrogens is 300 g/mol. The Morgan fingerprint density at radius 2 is 2.08 bits per heavy atom. The van der Waals surface area contributed by atoms with Crippen molar-refractivity contribution in [2.45, 2.75) is 19.1 Å². The Morgan fingerprint density at radius 3 is 2.83 bits per heavy atom. The minimum absolute atomic E-state index is 0.171. The van der Waals surface area contributed by atoms with E-state index in [9.17, 15) is 0 Å². The van der Waals surface area contributed by atoms with E-state index in [1.54, 1.807) is 7.11 Å². The number of rotatable bonds is 6. The molecule has 1 aliphatic rings. The van der Waals surface area contributed by atoms with Crippen LogP contribution in [0.25, 0.3) is 0 Å². The molecule has 1 fully saturated rings. The summed E-state index contributed by atoms with van der Waals surface area (Å²) in [5.74, 6) is 1.09. The van der Waals surface area contributed by atoms with Gasteiger partial charge in [-0.3, -0.25) is 0 Å². The average molecular weight is 322 g/mol. The molecule has 1 aliphatic heterocycles. The van der Waals surface area contributed by atoms with Crippen molar-refractivity contribution in [1.29, 1.82) is 5.26 Å². The zero-order chi connectivity index (χ0) is 16.8. The molecule has 0 saturated carbocycles. The van der Waals surface area contributed by atoms with Crippen LogP contribution < -0.4 is 10.1 Å². The van der Waals surface area contributed by atoms with Gasteiger partial charge in [0.15, 0.2) is 0 Å². The quantitative estimate of drug-likeness (QED) is 0.885. The molecule has 0 spiro atoms. The van der Waals surface area contributed by atoms with Crippen LogP contribution in [0.2, 0.25) is 0 Å². The Hall–Kier alpha value is -2.35. The van der Waals surface area contributed by atoms with Gasteiger partial charge in [0.1, 0.15) is 11.8 Å². The van der Waals surface area contributed by atoms with Crippen LogP contribution in [-0.2, 0) is 11.3 Å². The summed E-state index contributed by atoms with van der Waals surface area (Å²) in [7, 11) is 1.58. The topological polar surface area (TPSA) is 54.3 Å². The maximum atomic E-state index is 9.17. The second-order valence-electron chi connectivity index (χ2n) is 6.03. The van der Waals surface area contributed by atoms with E-state index in [-0.39, 0.29) is 6.10 Å². The van der Waals surface area contributed by atoms with Gasteiger partial charge in [0.05, 0.1) is 18.8 Å². The number of nitrogens with one attached hydrogen (secondary N) is 1. The van der Waals surface area contributed by atoms with E-state index >= 15 is 0 Å². The zero-order valence-electron chi connectivity index (χ0n) is 13.9. The number of ether oxygens (including phenoxy) is 2. The summed E-state index contributed by atoms with van der Waals surface area (Å²) in [6.45, 7) is 2.44. The van der Waals surface area contributed by atoms with Crippen LogP contribution in [0.1, 0.15) is 29.2 Å². The maximum Gasteiger partial charge on any atom is 0.136 e. The molecule has 0 aliphatic carbocycles. The molecule has 3 rings (SSSR count). The van der Waals surface area contributed by atoms with Gasteiger partial charge in [-0.15, -0.1) is 0 Å². The molecule has 4 nitrogen and oxygen atoms in total. The van der Waals surface area contributed by atoms with Gasteiger partial charge >= 0.3 is 0 Å². The summed E-state index contributed by atoms with van der Waals surface area (Å²) >= 11 is 0. The molecule has 1 N–H and O–H groups in total. The van der Waals surface area contributed by atoms with E-state index in [0.717, 1.165) is 31.7 Å². The summed E-state index contributed by atoms with van der Waals surface area (Å²) < 4.78 is 11.1. The van der Waals surface area contributed by atoms with Crippen LogP contribution >= 0.6 is 0 Å². The average Bonchev–Trinajstić information content (AvgIpc) is 3.11. The molecule has 124 valence electrons. The van der Waals surface area contributed by atoms with Gasteiger partial charge < -0.3 is 14.8 Å². The number of nitrogens with zero attached hydrogens (tertiary/aromatic N) is 1. The van der Waals surface area contributed by atoms with Gasteiger partial charge in [-0.25, -0.2) is 0 Å². The van der Waals surface area contributed by atoms with E-state index in [1.807, 2.05) is 24.3 Å². The highest BCUT2D eigenvalue weighted by molar-refractivity contribution is 5.45. The molecular formula is C20H22N2O2. The number of benzene rings is 2. The monoisotopic (exact) mass is 322 g/mol. The van der Waals surface area contributed by atoms with E-state index in [2.05, 4.69) is 35.7 Å². The lowest BCUT2D eigenvalue weighted by Gasteiger charge is -2.19. The summed E-state index contributed by atoms with van der Waals surface area (Å²) in [6.07, 6.45) is 1.24. The first-order valence-electron chi connectivity index (χ1n) is 8.26. The molecule has 0 radical (unpaired) electrons. The van der Waals surface area contributed by atoms with Crippen molar-refractivity contribution in [1.82, 2.24) is 5.32 Å². The van der Waals surface area contributed by atoms with Crippen molar-refractivity contribution in [2.75, 3.05) is 20.3 Å². The van der Waals surface area contributed by atoms with Crippen molar-refractivity contribution >= 4 is 0 Å². The molecule has 24 heavy (non-hydrogen) atoms. The first kappa shape index (κ1) is 16.5. The summed E-state index contributed by atoms with van der Waals surface area (Å²) in [4.78, 5) is 0. The van der Waals surface area contributed by atoms with Gasteiger partial charge in [-0.2, -0.15) is 5.26 Å². The van der Waals surface area contributed by atoms with Gasteiger partial charge in [0.2, 0.25) is 0 Å². The van der Waals surface area contributed by atoms with E-state index in [4.69, 9.17) is 14.7 Å². The van der Waals surface area contributed by atoms with Crippen LogP contribution in [0.15, 0.2) is 48.5 Å². The minimum Gasteiger partial charge on any atom is -0.495 e. The fourth-order valence-electron chi connectivity index (χ4n) is 3.21. The molecule has 2 aromatic carbocycles. The van der Waals surface area contributed by atoms with Gasteiger partial charge in [0.25, 0.3) is 0 Å².